The molecule has 0 spiro atoms. The third kappa shape index (κ3) is 5.38. The molecule has 0 radical (unpaired) electrons. The molecule has 1 amide bonds. The van der Waals surface area contributed by atoms with Crippen molar-refractivity contribution >= 4 is 17.6 Å². The number of carbonyl (C=O) groups is 2. The zero-order valence-electron chi connectivity index (χ0n) is 11.6. The molecule has 0 heterocycles. The average molecular weight is 281 g/mol. The van der Waals surface area contributed by atoms with E-state index in [0.29, 0.717) is 6.42 Å². The molecule has 0 aromatic heterocycles. The lowest BCUT2D eigenvalue weighted by atomic mass is 10.1. The van der Waals surface area contributed by atoms with Gasteiger partial charge >= 0.3 is 5.97 Å². The summed E-state index contributed by atoms with van der Waals surface area (Å²) in [6, 6.07) is 3.23. The molecule has 0 aliphatic carbocycles. The van der Waals surface area contributed by atoms with Gasteiger partial charge < -0.3 is 10.4 Å². The van der Waals surface area contributed by atoms with Gasteiger partial charge in [-0.2, -0.15) is 0 Å². The van der Waals surface area contributed by atoms with Crippen LogP contribution in [0.25, 0.3) is 0 Å². The molecule has 0 aliphatic heterocycles. The number of carboxylic acid groups (broad SMARTS) is 1. The first-order chi connectivity index (χ1) is 9.54. The number of hydrogen-bond donors (Lipinski definition) is 2. The van der Waals surface area contributed by atoms with Gasteiger partial charge in [0.2, 0.25) is 5.91 Å². The molecule has 4 nitrogen and oxygen atoms in total. The van der Waals surface area contributed by atoms with E-state index in [4.69, 9.17) is 5.11 Å². The maximum absolute atomic E-state index is 13.1. The van der Waals surface area contributed by atoms with Gasteiger partial charge in [-0.1, -0.05) is 32.6 Å². The van der Waals surface area contributed by atoms with Gasteiger partial charge in [-0.3, -0.25) is 4.79 Å². The first kappa shape index (κ1) is 16.1. The number of rotatable bonds is 8. The predicted octanol–water partition coefficient (Wildman–Crippen LogP) is 3.82. The van der Waals surface area contributed by atoms with Gasteiger partial charge in [0.1, 0.15) is 5.82 Å². The molecule has 0 bridgehead atoms. The van der Waals surface area contributed by atoms with Gasteiger partial charge in [0.25, 0.3) is 0 Å². The molecule has 0 saturated carbocycles. The van der Waals surface area contributed by atoms with Crippen LogP contribution in [0.5, 0.6) is 0 Å². The Kier molecular flexibility index (Phi) is 6.70. The maximum atomic E-state index is 13.1. The summed E-state index contributed by atoms with van der Waals surface area (Å²) in [5, 5.41) is 11.4. The van der Waals surface area contributed by atoms with Gasteiger partial charge in [-0.05, 0) is 24.6 Å². The number of amides is 1. The van der Waals surface area contributed by atoms with E-state index >= 15 is 0 Å². The van der Waals surface area contributed by atoms with Crippen LogP contribution in [0, 0.1) is 5.82 Å². The highest BCUT2D eigenvalue weighted by molar-refractivity contribution is 6.00. The second kappa shape index (κ2) is 8.30. The molecule has 110 valence electrons. The summed E-state index contributed by atoms with van der Waals surface area (Å²) in [5.74, 6) is -2.05. The molecule has 0 fully saturated rings. The van der Waals surface area contributed by atoms with Gasteiger partial charge in [0.15, 0.2) is 0 Å². The number of carbonyl (C=O) groups excluding carboxylic acids is 1. The number of benzene rings is 1. The van der Waals surface area contributed by atoms with Crippen molar-refractivity contribution in [3.05, 3.63) is 29.6 Å². The Morgan fingerprint density at radius 2 is 1.90 bits per heavy atom. The predicted molar refractivity (Wildman–Crippen MR) is 75.4 cm³/mol. The SMILES string of the molecule is CCCCCCCC(=O)Nc1cc(F)ccc1C(=O)O. The Labute approximate surface area is 118 Å². The van der Waals surface area contributed by atoms with Crippen LogP contribution in [-0.4, -0.2) is 17.0 Å². The van der Waals surface area contributed by atoms with Gasteiger partial charge in [0.05, 0.1) is 11.3 Å². The molecule has 0 aliphatic rings. The van der Waals surface area contributed by atoms with Crippen LogP contribution in [0.2, 0.25) is 0 Å². The van der Waals surface area contributed by atoms with E-state index in [2.05, 4.69) is 12.2 Å². The number of nitrogens with one attached hydrogen (secondary N) is 1. The van der Waals surface area contributed by atoms with E-state index in [9.17, 15) is 14.0 Å². The van der Waals surface area contributed by atoms with Gasteiger partial charge in [-0.15, -0.1) is 0 Å². The highest BCUT2D eigenvalue weighted by Gasteiger charge is 2.13. The fraction of sp³-hybridized carbons (Fsp3) is 0.467. The number of aromatic carboxylic acids is 1. The largest absolute Gasteiger partial charge is 0.478 e. The van der Waals surface area contributed by atoms with E-state index in [1.54, 1.807) is 0 Å². The number of halogens is 1. The molecule has 2 N–H and O–H groups in total. The molecule has 1 aromatic carbocycles. The lowest BCUT2D eigenvalue weighted by Crippen LogP contribution is -2.14. The van der Waals surface area contributed by atoms with Crippen molar-refractivity contribution in [3.63, 3.8) is 0 Å². The number of carboxylic acids is 1. The van der Waals surface area contributed by atoms with Gasteiger partial charge in [-0.25, -0.2) is 9.18 Å². The highest BCUT2D eigenvalue weighted by Crippen LogP contribution is 2.18. The van der Waals surface area contributed by atoms with Crippen LogP contribution >= 0.6 is 0 Å². The third-order valence-corrected chi connectivity index (χ3v) is 2.99. The van der Waals surface area contributed by atoms with Crippen molar-refractivity contribution in [2.24, 2.45) is 0 Å². The number of anilines is 1. The lowest BCUT2D eigenvalue weighted by molar-refractivity contribution is -0.116. The van der Waals surface area contributed by atoms with Crippen molar-refractivity contribution in [1.82, 2.24) is 0 Å². The first-order valence-corrected chi connectivity index (χ1v) is 6.87. The summed E-state index contributed by atoms with van der Waals surface area (Å²) in [6.45, 7) is 2.12. The average Bonchev–Trinajstić information content (AvgIpc) is 2.38. The Balaban J connectivity index is 2.53. The number of unbranched alkanes of at least 4 members (excludes halogenated alkanes) is 4. The van der Waals surface area contributed by atoms with Crippen LogP contribution in [0.4, 0.5) is 10.1 Å². The van der Waals surface area contributed by atoms with E-state index in [1.165, 1.54) is 0 Å². The summed E-state index contributed by atoms with van der Waals surface area (Å²) in [4.78, 5) is 22.7. The topological polar surface area (TPSA) is 66.4 Å². The van der Waals surface area contributed by atoms with Crippen molar-refractivity contribution in [3.8, 4) is 0 Å². The zero-order valence-corrected chi connectivity index (χ0v) is 11.6. The molecule has 1 aromatic rings. The fourth-order valence-electron chi connectivity index (χ4n) is 1.91. The van der Waals surface area contributed by atoms with E-state index in [-0.39, 0.29) is 17.2 Å². The summed E-state index contributed by atoms with van der Waals surface area (Å²) in [7, 11) is 0. The van der Waals surface area contributed by atoms with Crippen molar-refractivity contribution in [2.75, 3.05) is 5.32 Å². The van der Waals surface area contributed by atoms with Crippen LogP contribution in [0.1, 0.15) is 55.8 Å². The van der Waals surface area contributed by atoms with E-state index < -0.39 is 11.8 Å². The van der Waals surface area contributed by atoms with Crippen LogP contribution < -0.4 is 5.32 Å². The molecule has 0 unspecified atom stereocenters. The molecule has 5 heteroatoms. The second-order valence-corrected chi connectivity index (χ2v) is 4.71. The lowest BCUT2D eigenvalue weighted by Gasteiger charge is -2.08. The Bertz CT molecular complexity index is 474. The molecule has 0 atom stereocenters. The Hall–Kier alpha value is -1.91. The van der Waals surface area contributed by atoms with Crippen molar-refractivity contribution in [1.29, 1.82) is 0 Å². The summed E-state index contributed by atoms with van der Waals surface area (Å²) in [6.07, 6.45) is 5.41. The number of hydrogen-bond acceptors (Lipinski definition) is 2. The minimum absolute atomic E-state index is 0.0102. The standard InChI is InChI=1S/C15H20FNO3/c1-2-3-4-5-6-7-14(18)17-13-10-11(16)8-9-12(13)15(19)20/h8-10H,2-7H2,1H3,(H,17,18)(H,19,20). The van der Waals surface area contributed by atoms with Gasteiger partial charge in [0, 0.05) is 6.42 Å². The zero-order chi connectivity index (χ0) is 15.0. The van der Waals surface area contributed by atoms with Crippen molar-refractivity contribution < 1.29 is 19.1 Å². The van der Waals surface area contributed by atoms with Crippen LogP contribution in [-0.2, 0) is 4.79 Å². The first-order valence-electron chi connectivity index (χ1n) is 6.87. The monoisotopic (exact) mass is 281 g/mol. The summed E-state index contributed by atoms with van der Waals surface area (Å²) >= 11 is 0. The quantitative estimate of drug-likeness (QED) is 0.712. The Morgan fingerprint density at radius 1 is 1.20 bits per heavy atom. The Morgan fingerprint density at radius 3 is 2.55 bits per heavy atom. The normalized spacial score (nSPS) is 10.3. The fourth-order valence-corrected chi connectivity index (χ4v) is 1.91. The van der Waals surface area contributed by atoms with Crippen LogP contribution in [0.15, 0.2) is 18.2 Å². The third-order valence-electron chi connectivity index (χ3n) is 2.99. The molecule has 20 heavy (non-hydrogen) atoms. The molecular weight excluding hydrogens is 261 g/mol. The molecule has 1 rings (SSSR count). The minimum atomic E-state index is -1.19. The highest BCUT2D eigenvalue weighted by atomic mass is 19.1. The smallest absolute Gasteiger partial charge is 0.337 e. The second-order valence-electron chi connectivity index (χ2n) is 4.71. The van der Waals surface area contributed by atoms with Crippen molar-refractivity contribution in [2.45, 2.75) is 45.4 Å². The molecular formula is C15H20FNO3. The summed E-state index contributed by atoms with van der Waals surface area (Å²) in [5.41, 5.74) is -0.0956. The molecule has 0 saturated heterocycles. The minimum Gasteiger partial charge on any atom is -0.478 e. The maximum Gasteiger partial charge on any atom is 0.337 e. The van der Waals surface area contributed by atoms with E-state index in [1.807, 2.05) is 0 Å². The van der Waals surface area contributed by atoms with Crippen LogP contribution in [0.3, 0.4) is 0 Å². The van der Waals surface area contributed by atoms with E-state index in [0.717, 1.165) is 50.3 Å². The summed E-state index contributed by atoms with van der Waals surface area (Å²) < 4.78 is 13.1.